The number of methoxy groups -OCH3 is 1. The van der Waals surface area contributed by atoms with E-state index in [1.807, 2.05) is 19.9 Å². The molecule has 2 heterocycles. The van der Waals surface area contributed by atoms with Gasteiger partial charge in [-0.05, 0) is 69.0 Å². The fourth-order valence-electron chi connectivity index (χ4n) is 5.57. The van der Waals surface area contributed by atoms with Crippen molar-refractivity contribution in [3.63, 3.8) is 0 Å². The van der Waals surface area contributed by atoms with Gasteiger partial charge in [-0.2, -0.15) is 0 Å². The summed E-state index contributed by atoms with van der Waals surface area (Å²) in [6.45, 7) is 7.75. The van der Waals surface area contributed by atoms with E-state index in [2.05, 4.69) is 10.6 Å². The fraction of sp³-hybridized carbons (Fsp3) is 0.500. The minimum absolute atomic E-state index is 0.0297. The van der Waals surface area contributed by atoms with Crippen LogP contribution in [0.5, 0.6) is 5.75 Å². The van der Waals surface area contributed by atoms with Crippen molar-refractivity contribution in [2.45, 2.75) is 82.7 Å². The van der Waals surface area contributed by atoms with Crippen LogP contribution in [-0.4, -0.2) is 58.7 Å². The number of nitrogens with zero attached hydrogens (tertiary/aromatic N) is 1. The molecule has 4 rings (SSSR count). The minimum Gasteiger partial charge on any atom is -0.485 e. The lowest BCUT2D eigenvalue weighted by Gasteiger charge is -2.45. The molecule has 2 aromatic carbocycles. The van der Waals surface area contributed by atoms with E-state index in [-0.39, 0.29) is 18.3 Å². The Labute approximate surface area is 234 Å². The largest absolute Gasteiger partial charge is 0.485 e. The van der Waals surface area contributed by atoms with Crippen LogP contribution in [0.2, 0.25) is 0 Å². The Morgan fingerprint density at radius 3 is 2.65 bits per heavy atom. The summed E-state index contributed by atoms with van der Waals surface area (Å²) in [6.07, 6.45) is 0.970. The van der Waals surface area contributed by atoms with E-state index in [1.54, 1.807) is 39.2 Å². The molecule has 0 aliphatic carbocycles. The molecule has 2 aromatic rings. The van der Waals surface area contributed by atoms with Gasteiger partial charge in [-0.3, -0.25) is 19.9 Å². The first-order valence-corrected chi connectivity index (χ1v) is 13.7. The standard InChI is InChI=1S/C30H39FN4O5/c1-6-30(7-2)17-24(36)35(28(32)34-30)22(13-14-39-5)18-9-8-10-19(15-18)27(38)33-25-21-16-20(31)11-12-23(21)40-29(3,4)26(25)37/h8-12,15-16,22,25-26,37H,6-7,13-14,17H2,1-5H3,(H2,32,34)(H,33,38)/t22?,25-,26+/m0/s1. The highest BCUT2D eigenvalue weighted by Crippen LogP contribution is 2.40. The van der Waals surface area contributed by atoms with Crippen LogP contribution in [0.4, 0.5) is 4.39 Å². The van der Waals surface area contributed by atoms with Crippen LogP contribution in [0, 0.1) is 11.2 Å². The van der Waals surface area contributed by atoms with Gasteiger partial charge in [-0.15, -0.1) is 0 Å². The average molecular weight is 555 g/mol. The van der Waals surface area contributed by atoms with E-state index in [0.29, 0.717) is 48.3 Å². The van der Waals surface area contributed by atoms with Crippen LogP contribution in [-0.2, 0) is 9.53 Å². The van der Waals surface area contributed by atoms with E-state index in [4.69, 9.17) is 14.9 Å². The molecule has 4 N–H and O–H groups in total. The molecule has 2 aliphatic rings. The molecule has 0 aromatic heterocycles. The monoisotopic (exact) mass is 554 g/mol. The molecular formula is C30H39FN4O5. The van der Waals surface area contributed by atoms with Gasteiger partial charge in [0.05, 0.1) is 18.5 Å². The lowest BCUT2D eigenvalue weighted by molar-refractivity contribution is -0.133. The number of benzene rings is 2. The highest BCUT2D eigenvalue weighted by molar-refractivity contribution is 6.00. The van der Waals surface area contributed by atoms with Gasteiger partial charge in [-0.25, -0.2) is 4.39 Å². The molecular weight excluding hydrogens is 515 g/mol. The molecule has 0 radical (unpaired) electrons. The molecule has 2 aliphatic heterocycles. The number of amides is 2. The van der Waals surface area contributed by atoms with Crippen LogP contribution in [0.1, 0.15) is 86.9 Å². The molecule has 9 nitrogen and oxygen atoms in total. The zero-order chi connectivity index (χ0) is 29.2. The zero-order valence-electron chi connectivity index (χ0n) is 23.7. The minimum atomic E-state index is -1.14. The normalized spacial score (nSPS) is 22.1. The quantitative estimate of drug-likeness (QED) is 0.368. The third-order valence-electron chi connectivity index (χ3n) is 8.17. The second-order valence-corrected chi connectivity index (χ2v) is 11.1. The highest BCUT2D eigenvalue weighted by atomic mass is 19.1. The number of aliphatic hydroxyl groups excluding tert-OH is 1. The second-order valence-electron chi connectivity index (χ2n) is 11.1. The Hall–Kier alpha value is -3.50. The topological polar surface area (TPSA) is 124 Å². The predicted molar refractivity (Wildman–Crippen MR) is 149 cm³/mol. The summed E-state index contributed by atoms with van der Waals surface area (Å²) in [5.41, 5.74) is -0.154. The highest BCUT2D eigenvalue weighted by Gasteiger charge is 2.44. The molecule has 3 atom stereocenters. The number of guanidine groups is 1. The van der Waals surface area contributed by atoms with Crippen molar-refractivity contribution in [1.82, 2.24) is 15.5 Å². The van der Waals surface area contributed by atoms with E-state index in [1.165, 1.54) is 23.1 Å². The van der Waals surface area contributed by atoms with E-state index in [9.17, 15) is 19.1 Å². The van der Waals surface area contributed by atoms with Crippen molar-refractivity contribution < 1.29 is 28.6 Å². The molecule has 40 heavy (non-hydrogen) atoms. The lowest BCUT2D eigenvalue weighted by atomic mass is 9.85. The number of nitrogens with one attached hydrogen (secondary N) is 3. The maximum absolute atomic E-state index is 14.1. The third kappa shape index (κ3) is 5.69. The third-order valence-corrected chi connectivity index (χ3v) is 8.17. The predicted octanol–water partition coefficient (Wildman–Crippen LogP) is 4.22. The summed E-state index contributed by atoms with van der Waals surface area (Å²) < 4.78 is 25.3. The smallest absolute Gasteiger partial charge is 0.251 e. The van der Waals surface area contributed by atoms with Gasteiger partial charge in [0.25, 0.3) is 5.91 Å². The summed E-state index contributed by atoms with van der Waals surface area (Å²) in [7, 11) is 1.57. The first-order chi connectivity index (χ1) is 18.9. The summed E-state index contributed by atoms with van der Waals surface area (Å²) in [6, 6.07) is 9.42. The molecule has 0 spiro atoms. The summed E-state index contributed by atoms with van der Waals surface area (Å²) >= 11 is 0. The van der Waals surface area contributed by atoms with E-state index in [0.717, 1.165) is 0 Å². The number of hydrogen-bond donors (Lipinski definition) is 4. The summed E-state index contributed by atoms with van der Waals surface area (Å²) in [5.74, 6) is -0.718. The van der Waals surface area contributed by atoms with Gasteiger partial charge in [-0.1, -0.05) is 26.0 Å². The first-order valence-electron chi connectivity index (χ1n) is 13.7. The Kier molecular flexibility index (Phi) is 8.51. The van der Waals surface area contributed by atoms with Crippen molar-refractivity contribution in [3.05, 3.63) is 65.0 Å². The number of rotatable bonds is 9. The van der Waals surface area contributed by atoms with E-state index >= 15 is 0 Å². The number of halogens is 1. The van der Waals surface area contributed by atoms with Crippen LogP contribution >= 0.6 is 0 Å². The maximum Gasteiger partial charge on any atom is 0.251 e. The number of aliphatic hydroxyl groups is 1. The number of carbonyl (C=O) groups is 2. The van der Waals surface area contributed by atoms with Crippen molar-refractivity contribution >= 4 is 17.8 Å². The van der Waals surface area contributed by atoms with Gasteiger partial charge in [0, 0.05) is 30.4 Å². The molecule has 1 unspecified atom stereocenters. The van der Waals surface area contributed by atoms with Gasteiger partial charge < -0.3 is 25.2 Å². The van der Waals surface area contributed by atoms with Crippen molar-refractivity contribution in [2.75, 3.05) is 13.7 Å². The van der Waals surface area contributed by atoms with Crippen LogP contribution in [0.3, 0.4) is 0 Å². The SMILES string of the molecule is CCC1(CC)CC(=O)N(C(CCOC)c2cccc(C(=O)N[C@H]3c4cc(F)ccc4OC(C)(C)[C@@H]3O)c2)C(=N)N1. The Bertz CT molecular complexity index is 1260. The molecule has 0 saturated carbocycles. The average Bonchev–Trinajstić information content (AvgIpc) is 2.92. The molecule has 2 amide bonds. The van der Waals surface area contributed by atoms with E-state index < -0.39 is 41.1 Å². The van der Waals surface area contributed by atoms with Crippen LogP contribution in [0.25, 0.3) is 0 Å². The van der Waals surface area contributed by atoms with Crippen molar-refractivity contribution in [3.8, 4) is 5.75 Å². The zero-order valence-corrected chi connectivity index (χ0v) is 23.7. The van der Waals surface area contributed by atoms with Gasteiger partial charge in [0.15, 0.2) is 5.96 Å². The molecule has 216 valence electrons. The fourth-order valence-corrected chi connectivity index (χ4v) is 5.57. The number of carbonyl (C=O) groups excluding carboxylic acids is 2. The summed E-state index contributed by atoms with van der Waals surface area (Å²) in [5, 5.41) is 25.9. The van der Waals surface area contributed by atoms with Crippen molar-refractivity contribution in [1.29, 1.82) is 5.41 Å². The summed E-state index contributed by atoms with van der Waals surface area (Å²) in [4.78, 5) is 28.3. The van der Waals surface area contributed by atoms with Gasteiger partial charge in [0.1, 0.15) is 23.3 Å². The molecule has 1 saturated heterocycles. The maximum atomic E-state index is 14.1. The number of fused-ring (bicyclic) bond motifs is 1. The first kappa shape index (κ1) is 29.5. The number of ether oxygens (including phenoxy) is 2. The Morgan fingerprint density at radius 2 is 2.00 bits per heavy atom. The number of hydrogen-bond acceptors (Lipinski definition) is 6. The molecule has 0 bridgehead atoms. The van der Waals surface area contributed by atoms with Crippen LogP contribution in [0.15, 0.2) is 42.5 Å². The molecule has 1 fully saturated rings. The second kappa shape index (κ2) is 11.5. The van der Waals surface area contributed by atoms with Crippen molar-refractivity contribution in [2.24, 2.45) is 0 Å². The van der Waals surface area contributed by atoms with Gasteiger partial charge in [0.2, 0.25) is 5.91 Å². The lowest BCUT2D eigenvalue weighted by Crippen LogP contribution is -2.62. The van der Waals surface area contributed by atoms with Crippen LogP contribution < -0.4 is 15.4 Å². The molecule has 10 heteroatoms. The Morgan fingerprint density at radius 1 is 1.27 bits per heavy atom. The van der Waals surface area contributed by atoms with Gasteiger partial charge >= 0.3 is 0 Å². The Balaban J connectivity index is 1.63.